The van der Waals surface area contributed by atoms with E-state index in [1.54, 1.807) is 0 Å². The van der Waals surface area contributed by atoms with Gasteiger partial charge in [0.2, 0.25) is 0 Å². The molecule has 0 spiro atoms. The first-order valence-electron chi connectivity index (χ1n) is 11.4. The van der Waals surface area contributed by atoms with E-state index in [1.807, 2.05) is 27.7 Å². The fourth-order valence-corrected chi connectivity index (χ4v) is 3.35. The topological polar surface area (TPSA) is 19.9 Å². The highest BCUT2D eigenvalue weighted by Crippen LogP contribution is 2.31. The first-order valence-corrected chi connectivity index (χ1v) is 11.4. The SMILES string of the molecule is CC.CC.CCN(CC)c1ccc(/C=C/CC(C)(C)c2ccccc2[NH2+]C)cc1. The lowest BCUT2D eigenvalue weighted by atomic mass is 9.80. The third-order valence-electron chi connectivity index (χ3n) is 4.96. The molecule has 2 N–H and O–H groups in total. The molecular weight excluding hydrogens is 352 g/mol. The van der Waals surface area contributed by atoms with Crippen LogP contribution in [-0.4, -0.2) is 20.1 Å². The molecule has 0 amide bonds. The zero-order valence-corrected chi connectivity index (χ0v) is 20.4. The van der Waals surface area contributed by atoms with Crippen LogP contribution >= 0.6 is 0 Å². The summed E-state index contributed by atoms with van der Waals surface area (Å²) in [5.74, 6) is 0. The van der Waals surface area contributed by atoms with Crippen molar-refractivity contribution in [2.45, 2.75) is 67.2 Å². The first kappa shape index (κ1) is 26.9. The van der Waals surface area contributed by atoms with Gasteiger partial charge in [0.15, 0.2) is 0 Å². The predicted octanol–water partition coefficient (Wildman–Crippen LogP) is 6.79. The molecular formula is C27H45N2+. The van der Waals surface area contributed by atoms with Crippen molar-refractivity contribution in [3.05, 3.63) is 65.7 Å². The Balaban J connectivity index is 0.00000184. The van der Waals surface area contributed by atoms with Gasteiger partial charge in [0, 0.05) is 24.3 Å². The molecule has 0 saturated heterocycles. The van der Waals surface area contributed by atoms with Crippen LogP contribution in [0.5, 0.6) is 0 Å². The molecule has 0 bridgehead atoms. The van der Waals surface area contributed by atoms with E-state index < -0.39 is 0 Å². The second kappa shape index (κ2) is 14.9. The molecule has 0 aromatic heterocycles. The Morgan fingerprint density at radius 1 is 0.862 bits per heavy atom. The minimum Gasteiger partial charge on any atom is -0.372 e. The lowest BCUT2D eigenvalue weighted by Crippen LogP contribution is -2.73. The lowest BCUT2D eigenvalue weighted by Gasteiger charge is -2.24. The Morgan fingerprint density at radius 3 is 1.93 bits per heavy atom. The van der Waals surface area contributed by atoms with E-state index in [1.165, 1.54) is 22.5 Å². The smallest absolute Gasteiger partial charge is 0.133 e. The van der Waals surface area contributed by atoms with E-state index >= 15 is 0 Å². The van der Waals surface area contributed by atoms with Crippen LogP contribution in [0.15, 0.2) is 54.6 Å². The van der Waals surface area contributed by atoms with E-state index in [4.69, 9.17) is 0 Å². The number of rotatable bonds is 8. The molecule has 0 heterocycles. The molecule has 0 unspecified atom stereocenters. The zero-order valence-electron chi connectivity index (χ0n) is 20.4. The molecule has 0 aliphatic carbocycles. The second-order valence-electron chi connectivity index (χ2n) is 7.13. The Hall–Kier alpha value is -2.06. The monoisotopic (exact) mass is 397 g/mol. The molecule has 0 radical (unpaired) electrons. The average molecular weight is 398 g/mol. The molecule has 0 aliphatic rings. The van der Waals surface area contributed by atoms with E-state index in [0.29, 0.717) is 0 Å². The van der Waals surface area contributed by atoms with E-state index in [2.05, 4.69) is 106 Å². The summed E-state index contributed by atoms with van der Waals surface area (Å²) in [5.41, 5.74) is 5.45. The zero-order chi connectivity index (χ0) is 22.3. The third kappa shape index (κ3) is 8.45. The number of allylic oxidation sites excluding steroid dienone is 1. The van der Waals surface area contributed by atoms with Crippen LogP contribution in [0.1, 0.15) is 72.9 Å². The molecule has 2 heteroatoms. The summed E-state index contributed by atoms with van der Waals surface area (Å²) in [6.07, 6.45) is 5.57. The Labute approximate surface area is 181 Å². The number of nitrogens with zero attached hydrogens (tertiary/aromatic N) is 1. The van der Waals surface area contributed by atoms with Gasteiger partial charge < -0.3 is 10.2 Å². The number of quaternary nitrogens is 1. The lowest BCUT2D eigenvalue weighted by molar-refractivity contribution is -0.540. The van der Waals surface area contributed by atoms with Gasteiger partial charge in [-0.05, 0) is 49.4 Å². The summed E-state index contributed by atoms with van der Waals surface area (Å²) < 4.78 is 0. The summed E-state index contributed by atoms with van der Waals surface area (Å²) in [7, 11) is 2.11. The number of nitrogens with two attached hydrogens (primary N) is 1. The Kier molecular flexibility index (Phi) is 13.8. The van der Waals surface area contributed by atoms with Gasteiger partial charge in [-0.15, -0.1) is 0 Å². The van der Waals surface area contributed by atoms with Crippen LogP contribution in [-0.2, 0) is 5.41 Å². The van der Waals surface area contributed by atoms with Crippen molar-refractivity contribution in [1.82, 2.24) is 0 Å². The second-order valence-corrected chi connectivity index (χ2v) is 7.13. The molecule has 0 aliphatic heterocycles. The minimum atomic E-state index is 0.126. The maximum absolute atomic E-state index is 2.37. The normalized spacial score (nSPS) is 10.7. The number of para-hydroxylation sites is 1. The highest BCUT2D eigenvalue weighted by atomic mass is 15.1. The summed E-state index contributed by atoms with van der Waals surface area (Å²) in [6.45, 7) is 19.1. The maximum Gasteiger partial charge on any atom is 0.133 e. The summed E-state index contributed by atoms with van der Waals surface area (Å²) >= 11 is 0. The molecule has 0 atom stereocenters. The van der Waals surface area contributed by atoms with Crippen molar-refractivity contribution in [1.29, 1.82) is 0 Å². The average Bonchev–Trinajstić information content (AvgIpc) is 2.78. The van der Waals surface area contributed by atoms with Crippen LogP contribution in [0, 0.1) is 0 Å². The standard InChI is InChI=1S/C23H32N2.2C2H6/c1-6-25(7-2)20-16-14-19(15-17-20)11-10-18-23(3,4)21-12-8-9-13-22(21)24-5;2*1-2/h8-17,24H,6-7,18H2,1-5H3;2*1-2H3/p+1/b11-10+;;. The number of hydrogen-bond acceptors (Lipinski definition) is 1. The van der Waals surface area contributed by atoms with Crippen LogP contribution in [0.2, 0.25) is 0 Å². The van der Waals surface area contributed by atoms with E-state index in [9.17, 15) is 0 Å². The van der Waals surface area contributed by atoms with Crippen LogP contribution < -0.4 is 10.2 Å². The minimum absolute atomic E-state index is 0.126. The van der Waals surface area contributed by atoms with Crippen molar-refractivity contribution >= 4 is 17.5 Å². The molecule has 2 aromatic carbocycles. The molecule has 0 fully saturated rings. The summed E-state index contributed by atoms with van der Waals surface area (Å²) in [4.78, 5) is 2.37. The van der Waals surface area contributed by atoms with E-state index in [-0.39, 0.29) is 5.41 Å². The fraction of sp³-hybridized carbons (Fsp3) is 0.481. The predicted molar refractivity (Wildman–Crippen MR) is 133 cm³/mol. The number of hydrogen-bond donors (Lipinski definition) is 1. The molecule has 2 rings (SSSR count). The first-order chi connectivity index (χ1) is 14.0. The van der Waals surface area contributed by atoms with Crippen LogP contribution in [0.3, 0.4) is 0 Å². The fourth-order valence-electron chi connectivity index (χ4n) is 3.35. The van der Waals surface area contributed by atoms with Crippen molar-refractivity contribution < 1.29 is 5.32 Å². The molecule has 29 heavy (non-hydrogen) atoms. The summed E-state index contributed by atoms with van der Waals surface area (Å²) in [5, 5.41) is 2.20. The molecule has 2 nitrogen and oxygen atoms in total. The van der Waals surface area contributed by atoms with Crippen LogP contribution in [0.25, 0.3) is 6.08 Å². The largest absolute Gasteiger partial charge is 0.372 e. The summed E-state index contributed by atoms with van der Waals surface area (Å²) in [6, 6.07) is 17.6. The molecule has 162 valence electrons. The quantitative estimate of drug-likeness (QED) is 0.486. The van der Waals surface area contributed by atoms with Gasteiger partial charge in [-0.3, -0.25) is 0 Å². The van der Waals surface area contributed by atoms with Gasteiger partial charge in [-0.25, -0.2) is 0 Å². The third-order valence-corrected chi connectivity index (χ3v) is 4.96. The Morgan fingerprint density at radius 2 is 1.41 bits per heavy atom. The van der Waals surface area contributed by atoms with Crippen molar-refractivity contribution in [3.8, 4) is 0 Å². The highest BCUT2D eigenvalue weighted by molar-refractivity contribution is 5.56. The van der Waals surface area contributed by atoms with Gasteiger partial charge in [0.25, 0.3) is 0 Å². The Bertz CT molecular complexity index is 680. The number of anilines is 1. The van der Waals surface area contributed by atoms with Crippen molar-refractivity contribution in [3.63, 3.8) is 0 Å². The molecule has 2 aromatic rings. The number of benzene rings is 2. The van der Waals surface area contributed by atoms with E-state index in [0.717, 1.165) is 19.5 Å². The van der Waals surface area contributed by atoms with Gasteiger partial charge in [0.1, 0.15) is 5.69 Å². The van der Waals surface area contributed by atoms with Gasteiger partial charge >= 0.3 is 0 Å². The molecule has 0 saturated carbocycles. The van der Waals surface area contributed by atoms with Crippen molar-refractivity contribution in [2.24, 2.45) is 0 Å². The van der Waals surface area contributed by atoms with Gasteiger partial charge in [0.05, 0.1) is 7.05 Å². The maximum atomic E-state index is 2.37. The highest BCUT2D eigenvalue weighted by Gasteiger charge is 2.23. The van der Waals surface area contributed by atoms with Gasteiger partial charge in [-0.1, -0.05) is 84.0 Å². The van der Waals surface area contributed by atoms with Crippen molar-refractivity contribution in [2.75, 3.05) is 25.0 Å². The van der Waals surface area contributed by atoms with Crippen LogP contribution in [0.4, 0.5) is 11.4 Å². The van der Waals surface area contributed by atoms with Gasteiger partial charge in [-0.2, -0.15) is 0 Å².